The van der Waals surface area contributed by atoms with Crippen molar-refractivity contribution < 1.29 is 14.3 Å². The van der Waals surface area contributed by atoms with Gasteiger partial charge in [0.05, 0.1) is 0 Å². The van der Waals surface area contributed by atoms with Crippen molar-refractivity contribution in [3.05, 3.63) is 0 Å². The Kier molecular flexibility index (Phi) is 4.80. The van der Waals surface area contributed by atoms with Gasteiger partial charge in [-0.05, 0) is 51.6 Å². The van der Waals surface area contributed by atoms with Crippen LogP contribution in [0.1, 0.15) is 46.5 Å². The number of hydrogen-bond acceptors (Lipinski definition) is 3. The summed E-state index contributed by atoms with van der Waals surface area (Å²) in [5.74, 6) is 0. The van der Waals surface area contributed by atoms with Crippen molar-refractivity contribution in [2.45, 2.75) is 58.1 Å². The predicted octanol–water partition coefficient (Wildman–Crippen LogP) is 2.93. The number of hydrogen-bond donors (Lipinski definition) is 0. The molecule has 0 radical (unpaired) electrons. The molecule has 0 unspecified atom stereocenters. The number of carbonyl (C=O) groups is 2. The number of amides is 1. The first kappa shape index (κ1) is 14.3. The van der Waals surface area contributed by atoms with E-state index in [0.717, 1.165) is 19.3 Å². The molecule has 0 spiro atoms. The number of likely N-dealkylation sites (tertiary alicyclic amines) is 1. The fourth-order valence-electron chi connectivity index (χ4n) is 1.96. The van der Waals surface area contributed by atoms with Gasteiger partial charge >= 0.3 is 6.09 Å². The maximum atomic E-state index is 12.0. The molecule has 1 atom stereocenters. The van der Waals surface area contributed by atoms with Crippen LogP contribution in [-0.2, 0) is 9.53 Å². The molecule has 0 saturated carbocycles. The highest BCUT2D eigenvalue weighted by molar-refractivity contribution is 6.63. The van der Waals surface area contributed by atoms with Crippen LogP contribution in [0.5, 0.6) is 0 Å². The maximum Gasteiger partial charge on any atom is 0.410 e. The smallest absolute Gasteiger partial charge is 0.410 e. The lowest BCUT2D eigenvalue weighted by Gasteiger charge is -2.36. The van der Waals surface area contributed by atoms with Crippen LogP contribution in [0.3, 0.4) is 0 Å². The lowest BCUT2D eigenvalue weighted by molar-refractivity contribution is -0.113. The van der Waals surface area contributed by atoms with Crippen LogP contribution in [0.15, 0.2) is 0 Å². The molecule has 1 rings (SSSR count). The molecule has 0 aromatic heterocycles. The largest absolute Gasteiger partial charge is 0.444 e. The Morgan fingerprint density at radius 1 is 1.35 bits per heavy atom. The van der Waals surface area contributed by atoms with E-state index in [0.29, 0.717) is 6.54 Å². The standard InChI is InChI=1S/C12H20ClNO3/c1-12(2,3)17-11(16)14-7-5-4-6-9(14)8-10(13)15/h9H,4-8H2,1-3H3/t9-/m1/s1. The third-order valence-corrected chi connectivity index (χ3v) is 2.81. The van der Waals surface area contributed by atoms with Crippen LogP contribution in [-0.4, -0.2) is 34.4 Å². The summed E-state index contributed by atoms with van der Waals surface area (Å²) < 4.78 is 5.32. The van der Waals surface area contributed by atoms with E-state index in [1.165, 1.54) is 0 Å². The van der Waals surface area contributed by atoms with Crippen LogP contribution in [0.4, 0.5) is 4.79 Å². The zero-order valence-electron chi connectivity index (χ0n) is 10.7. The van der Waals surface area contributed by atoms with Crippen LogP contribution in [0.2, 0.25) is 0 Å². The van der Waals surface area contributed by atoms with E-state index in [1.54, 1.807) is 4.90 Å². The van der Waals surface area contributed by atoms with Gasteiger partial charge in [-0.3, -0.25) is 4.79 Å². The Morgan fingerprint density at radius 3 is 2.53 bits per heavy atom. The van der Waals surface area contributed by atoms with Gasteiger partial charge in [-0.2, -0.15) is 0 Å². The first-order valence-electron chi connectivity index (χ1n) is 5.97. The molecular weight excluding hydrogens is 242 g/mol. The molecule has 1 aliphatic rings. The van der Waals surface area contributed by atoms with Crippen molar-refractivity contribution in [2.24, 2.45) is 0 Å². The summed E-state index contributed by atoms with van der Waals surface area (Å²) in [6, 6.07) is -0.108. The van der Waals surface area contributed by atoms with Crippen LogP contribution < -0.4 is 0 Å². The highest BCUT2D eigenvalue weighted by atomic mass is 35.5. The summed E-state index contributed by atoms with van der Waals surface area (Å²) in [6.45, 7) is 6.13. The van der Waals surface area contributed by atoms with Crippen molar-refractivity contribution >= 4 is 22.9 Å². The molecule has 0 aromatic carbocycles. The molecule has 1 heterocycles. The van der Waals surface area contributed by atoms with Gasteiger partial charge < -0.3 is 9.64 Å². The first-order valence-corrected chi connectivity index (χ1v) is 6.35. The molecule has 1 aliphatic heterocycles. The van der Waals surface area contributed by atoms with Crippen molar-refractivity contribution in [2.75, 3.05) is 6.54 Å². The monoisotopic (exact) mass is 261 g/mol. The van der Waals surface area contributed by atoms with E-state index in [2.05, 4.69) is 0 Å². The Hall–Kier alpha value is -0.770. The van der Waals surface area contributed by atoms with Gasteiger partial charge in [-0.15, -0.1) is 0 Å². The van der Waals surface area contributed by atoms with Crippen LogP contribution in [0.25, 0.3) is 0 Å². The fourth-order valence-corrected chi connectivity index (χ4v) is 2.14. The molecule has 5 heteroatoms. The van der Waals surface area contributed by atoms with E-state index in [9.17, 15) is 9.59 Å². The average Bonchev–Trinajstić information content (AvgIpc) is 2.14. The zero-order chi connectivity index (χ0) is 13.1. The summed E-state index contributed by atoms with van der Waals surface area (Å²) in [5, 5.41) is -0.398. The summed E-state index contributed by atoms with van der Waals surface area (Å²) in [5.41, 5.74) is -0.510. The minimum absolute atomic E-state index is 0.108. The van der Waals surface area contributed by atoms with Gasteiger partial charge in [-0.25, -0.2) is 4.79 Å². The number of rotatable bonds is 2. The number of ether oxygens (including phenoxy) is 1. The van der Waals surface area contributed by atoms with Crippen molar-refractivity contribution in [1.82, 2.24) is 4.90 Å². The van der Waals surface area contributed by atoms with E-state index in [-0.39, 0.29) is 18.6 Å². The van der Waals surface area contributed by atoms with Crippen molar-refractivity contribution in [3.63, 3.8) is 0 Å². The molecule has 1 fully saturated rings. The van der Waals surface area contributed by atoms with Gasteiger partial charge in [0.25, 0.3) is 0 Å². The molecule has 98 valence electrons. The Labute approximate surface area is 107 Å². The molecule has 1 saturated heterocycles. The van der Waals surface area contributed by atoms with Gasteiger partial charge in [-0.1, -0.05) is 0 Å². The Balaban J connectivity index is 2.64. The minimum atomic E-state index is -0.510. The van der Waals surface area contributed by atoms with Gasteiger partial charge in [0.2, 0.25) is 5.24 Å². The quantitative estimate of drug-likeness (QED) is 0.718. The molecule has 0 aromatic rings. The van der Waals surface area contributed by atoms with Crippen molar-refractivity contribution in [3.8, 4) is 0 Å². The van der Waals surface area contributed by atoms with E-state index in [1.807, 2.05) is 20.8 Å². The topological polar surface area (TPSA) is 46.6 Å². The number of halogens is 1. The minimum Gasteiger partial charge on any atom is -0.444 e. The van der Waals surface area contributed by atoms with E-state index < -0.39 is 10.8 Å². The SMILES string of the molecule is CC(C)(C)OC(=O)N1CCCC[C@@H]1CC(=O)Cl. The second kappa shape index (κ2) is 5.71. The lowest BCUT2D eigenvalue weighted by atomic mass is 10.0. The first-order chi connectivity index (χ1) is 7.79. The van der Waals surface area contributed by atoms with Crippen LogP contribution in [0, 0.1) is 0 Å². The van der Waals surface area contributed by atoms with E-state index >= 15 is 0 Å². The normalized spacial score (nSPS) is 21.2. The molecule has 0 N–H and O–H groups in total. The maximum absolute atomic E-state index is 12.0. The lowest BCUT2D eigenvalue weighted by Crippen LogP contribution is -2.46. The Bertz CT molecular complexity index is 299. The summed E-state index contributed by atoms with van der Waals surface area (Å²) >= 11 is 5.40. The van der Waals surface area contributed by atoms with Crippen LogP contribution >= 0.6 is 11.6 Å². The zero-order valence-corrected chi connectivity index (χ0v) is 11.4. The number of carbonyl (C=O) groups excluding carboxylic acids is 2. The van der Waals surface area contributed by atoms with E-state index in [4.69, 9.17) is 16.3 Å². The summed E-state index contributed by atoms with van der Waals surface area (Å²) in [6.07, 6.45) is 2.65. The molecule has 0 aliphatic carbocycles. The molecule has 17 heavy (non-hydrogen) atoms. The second-order valence-corrected chi connectivity index (χ2v) is 5.80. The van der Waals surface area contributed by atoms with Crippen molar-refractivity contribution in [1.29, 1.82) is 0 Å². The third-order valence-electron chi connectivity index (χ3n) is 2.65. The fraction of sp³-hybridized carbons (Fsp3) is 0.833. The Morgan fingerprint density at radius 2 is 2.00 bits per heavy atom. The highest BCUT2D eigenvalue weighted by Crippen LogP contribution is 2.23. The predicted molar refractivity (Wildman–Crippen MR) is 66.1 cm³/mol. The average molecular weight is 262 g/mol. The van der Waals surface area contributed by atoms with Gasteiger partial charge in [0.15, 0.2) is 0 Å². The number of piperidine rings is 1. The summed E-state index contributed by atoms with van der Waals surface area (Å²) in [7, 11) is 0. The van der Waals surface area contributed by atoms with Gasteiger partial charge in [0, 0.05) is 19.0 Å². The number of nitrogens with zero attached hydrogens (tertiary/aromatic N) is 1. The third kappa shape index (κ3) is 4.94. The highest BCUT2D eigenvalue weighted by Gasteiger charge is 2.31. The molecule has 4 nitrogen and oxygen atoms in total. The molecule has 0 bridgehead atoms. The second-order valence-electron chi connectivity index (χ2n) is 5.38. The molecular formula is C12H20ClNO3. The summed E-state index contributed by atoms with van der Waals surface area (Å²) in [4.78, 5) is 24.5. The molecule has 1 amide bonds. The van der Waals surface area contributed by atoms with Gasteiger partial charge in [0.1, 0.15) is 5.60 Å².